The van der Waals surface area contributed by atoms with Gasteiger partial charge in [0.25, 0.3) is 5.56 Å². The van der Waals surface area contributed by atoms with Crippen molar-refractivity contribution in [2.75, 3.05) is 18.0 Å². The van der Waals surface area contributed by atoms with Crippen LogP contribution in [0, 0.1) is 0 Å². The summed E-state index contributed by atoms with van der Waals surface area (Å²) in [4.78, 5) is 29.6. The molecule has 0 spiro atoms. The number of nitrogens with two attached hydrogens (primary N) is 1. The van der Waals surface area contributed by atoms with Crippen LogP contribution in [-0.2, 0) is 13.6 Å². The number of benzene rings is 1. The lowest BCUT2D eigenvalue weighted by Crippen LogP contribution is -2.44. The minimum atomic E-state index is -0.137. The molecule has 1 unspecified atom stereocenters. The molecule has 2 N–H and O–H groups in total. The first-order chi connectivity index (χ1) is 15.1. The van der Waals surface area contributed by atoms with Crippen LogP contribution in [0.3, 0.4) is 0 Å². The number of aromatic nitrogens is 5. The van der Waals surface area contributed by atoms with Crippen LogP contribution in [0.4, 0.5) is 5.95 Å². The minimum absolute atomic E-state index is 0.0959. The highest BCUT2D eigenvalue weighted by Gasteiger charge is 2.26. The summed E-state index contributed by atoms with van der Waals surface area (Å²) in [5.74, 6) is 1.25. The maximum atomic E-state index is 13.5. The van der Waals surface area contributed by atoms with E-state index in [4.69, 9.17) is 15.7 Å². The molecule has 4 heterocycles. The summed E-state index contributed by atoms with van der Waals surface area (Å²) < 4.78 is 3.54. The molecule has 0 radical (unpaired) electrons. The molecule has 1 aromatic carbocycles. The summed E-state index contributed by atoms with van der Waals surface area (Å²) in [6.45, 7) is 2.11. The summed E-state index contributed by atoms with van der Waals surface area (Å²) in [5.41, 5.74) is 8.79. The molecule has 0 saturated carbocycles. The molecule has 0 aliphatic carbocycles. The molecule has 1 fully saturated rings. The average molecular weight is 416 g/mol. The molecule has 1 aliphatic heterocycles. The number of hydrogen-bond acceptors (Lipinski definition) is 6. The van der Waals surface area contributed by atoms with Crippen molar-refractivity contribution in [2.24, 2.45) is 12.8 Å². The van der Waals surface area contributed by atoms with Gasteiger partial charge in [0, 0.05) is 32.4 Å². The molecule has 8 nitrogen and oxygen atoms in total. The third-order valence-electron chi connectivity index (χ3n) is 5.78. The number of imidazole rings is 1. The Labute approximate surface area is 180 Å². The topological polar surface area (TPSA) is 94.9 Å². The second-order valence-electron chi connectivity index (χ2n) is 8.02. The van der Waals surface area contributed by atoms with Crippen LogP contribution >= 0.6 is 0 Å². The van der Waals surface area contributed by atoms with Crippen LogP contribution < -0.4 is 16.2 Å². The van der Waals surface area contributed by atoms with E-state index in [2.05, 4.69) is 22.0 Å². The smallest absolute Gasteiger partial charge is 0.279 e. The second-order valence-corrected chi connectivity index (χ2v) is 8.02. The monoisotopic (exact) mass is 415 g/mol. The quantitative estimate of drug-likeness (QED) is 0.549. The van der Waals surface area contributed by atoms with Gasteiger partial charge >= 0.3 is 0 Å². The number of nitrogens with zero attached hydrogens (tertiary/aromatic N) is 6. The van der Waals surface area contributed by atoms with Crippen molar-refractivity contribution < 1.29 is 0 Å². The first-order valence-electron chi connectivity index (χ1n) is 10.5. The molecule has 5 rings (SSSR count). The highest BCUT2D eigenvalue weighted by atomic mass is 16.1. The summed E-state index contributed by atoms with van der Waals surface area (Å²) in [6.07, 6.45) is 3.69. The molecule has 3 aromatic heterocycles. The zero-order valence-corrected chi connectivity index (χ0v) is 17.5. The van der Waals surface area contributed by atoms with Crippen LogP contribution in [0.5, 0.6) is 0 Å². The van der Waals surface area contributed by atoms with Crippen molar-refractivity contribution in [1.29, 1.82) is 0 Å². The molecular weight excluding hydrogens is 390 g/mol. The third kappa shape index (κ3) is 3.59. The Bertz CT molecular complexity index is 1260. The minimum Gasteiger partial charge on any atom is -0.341 e. The number of pyridine rings is 1. The van der Waals surface area contributed by atoms with Crippen molar-refractivity contribution in [3.63, 3.8) is 0 Å². The fraction of sp³-hybridized carbons (Fsp3) is 0.304. The lowest BCUT2D eigenvalue weighted by molar-refractivity contribution is 0.495. The van der Waals surface area contributed by atoms with Gasteiger partial charge in [-0.1, -0.05) is 36.4 Å². The van der Waals surface area contributed by atoms with E-state index in [9.17, 15) is 4.79 Å². The predicted molar refractivity (Wildman–Crippen MR) is 121 cm³/mol. The zero-order chi connectivity index (χ0) is 21.4. The van der Waals surface area contributed by atoms with Crippen molar-refractivity contribution in [1.82, 2.24) is 24.1 Å². The van der Waals surface area contributed by atoms with Crippen LogP contribution in [0.25, 0.3) is 22.7 Å². The van der Waals surface area contributed by atoms with E-state index in [1.54, 1.807) is 17.8 Å². The van der Waals surface area contributed by atoms with Gasteiger partial charge in [0.15, 0.2) is 17.0 Å². The predicted octanol–water partition coefficient (Wildman–Crippen LogP) is 2.17. The van der Waals surface area contributed by atoms with Gasteiger partial charge in [0.2, 0.25) is 5.95 Å². The summed E-state index contributed by atoms with van der Waals surface area (Å²) in [7, 11) is 1.73. The molecule has 31 heavy (non-hydrogen) atoms. The molecule has 158 valence electrons. The molecule has 1 aliphatic rings. The van der Waals surface area contributed by atoms with Gasteiger partial charge in [0.1, 0.15) is 5.69 Å². The van der Waals surface area contributed by atoms with E-state index in [-0.39, 0.29) is 11.6 Å². The molecule has 1 atom stereocenters. The Morgan fingerprint density at radius 1 is 1.10 bits per heavy atom. The van der Waals surface area contributed by atoms with E-state index in [1.165, 1.54) is 0 Å². The lowest BCUT2D eigenvalue weighted by atomic mass is 10.1. The number of piperidine rings is 1. The molecule has 0 amide bonds. The maximum absolute atomic E-state index is 13.5. The first-order valence-corrected chi connectivity index (χ1v) is 10.5. The normalized spacial score (nSPS) is 16.7. The zero-order valence-electron chi connectivity index (χ0n) is 17.5. The van der Waals surface area contributed by atoms with Gasteiger partial charge in [0.05, 0.1) is 6.54 Å². The number of anilines is 1. The van der Waals surface area contributed by atoms with Crippen molar-refractivity contribution in [2.45, 2.75) is 25.4 Å². The van der Waals surface area contributed by atoms with Crippen LogP contribution in [0.2, 0.25) is 0 Å². The molecule has 4 aromatic rings. The Morgan fingerprint density at radius 3 is 2.65 bits per heavy atom. The van der Waals surface area contributed by atoms with Crippen molar-refractivity contribution >= 4 is 17.1 Å². The van der Waals surface area contributed by atoms with Gasteiger partial charge < -0.3 is 10.6 Å². The van der Waals surface area contributed by atoms with Gasteiger partial charge in [-0.3, -0.25) is 18.9 Å². The van der Waals surface area contributed by atoms with Crippen LogP contribution in [0.1, 0.15) is 18.4 Å². The second kappa shape index (κ2) is 7.96. The first kappa shape index (κ1) is 19.4. The lowest BCUT2D eigenvalue weighted by Gasteiger charge is -2.31. The molecular formula is C23H25N7O. The Balaban J connectivity index is 1.72. The Kier molecular flexibility index (Phi) is 4.99. The van der Waals surface area contributed by atoms with E-state index in [0.29, 0.717) is 35.8 Å². The highest BCUT2D eigenvalue weighted by molar-refractivity contribution is 5.76. The highest BCUT2D eigenvalue weighted by Crippen LogP contribution is 2.25. The van der Waals surface area contributed by atoms with E-state index >= 15 is 0 Å². The summed E-state index contributed by atoms with van der Waals surface area (Å²) in [5, 5.41) is 0. The van der Waals surface area contributed by atoms with Gasteiger partial charge in [-0.25, -0.2) is 4.98 Å². The number of hydrogen-bond donors (Lipinski definition) is 1. The van der Waals surface area contributed by atoms with E-state index in [0.717, 1.165) is 30.9 Å². The third-order valence-corrected chi connectivity index (χ3v) is 5.78. The van der Waals surface area contributed by atoms with Gasteiger partial charge in [-0.15, -0.1) is 0 Å². The fourth-order valence-corrected chi connectivity index (χ4v) is 4.22. The maximum Gasteiger partial charge on any atom is 0.279 e. The Hall–Kier alpha value is -3.52. The SMILES string of the molecule is Cn1c(-c2ccccn2)nc2nc(N3CCCC(N)C3)n(Cc3ccccc3)c2c1=O. The van der Waals surface area contributed by atoms with Crippen molar-refractivity contribution in [3.8, 4) is 11.5 Å². The largest absolute Gasteiger partial charge is 0.341 e. The van der Waals surface area contributed by atoms with Crippen LogP contribution in [-0.4, -0.2) is 43.2 Å². The number of fused-ring (bicyclic) bond motifs is 1. The average Bonchev–Trinajstić information content (AvgIpc) is 3.16. The van der Waals surface area contributed by atoms with Gasteiger partial charge in [-0.05, 0) is 30.5 Å². The molecule has 8 heteroatoms. The van der Waals surface area contributed by atoms with E-state index < -0.39 is 0 Å². The van der Waals surface area contributed by atoms with Crippen LogP contribution in [0.15, 0.2) is 59.5 Å². The molecule has 1 saturated heterocycles. The molecule has 0 bridgehead atoms. The summed E-state index contributed by atoms with van der Waals surface area (Å²) >= 11 is 0. The summed E-state index contributed by atoms with van der Waals surface area (Å²) in [6, 6.07) is 15.8. The number of rotatable bonds is 4. The van der Waals surface area contributed by atoms with E-state index in [1.807, 2.05) is 41.0 Å². The fourth-order valence-electron chi connectivity index (χ4n) is 4.22. The van der Waals surface area contributed by atoms with Gasteiger partial charge in [-0.2, -0.15) is 4.98 Å². The Morgan fingerprint density at radius 2 is 1.90 bits per heavy atom. The van der Waals surface area contributed by atoms with Crippen molar-refractivity contribution in [3.05, 3.63) is 70.6 Å². The standard InChI is InChI=1S/C23H25N7O/c1-28-21(18-11-5-6-12-25-18)26-20-19(22(28)31)30(14-16-8-3-2-4-9-16)23(27-20)29-13-7-10-17(24)15-29/h2-6,8-9,11-12,17H,7,10,13-15,24H2,1H3.